The number of carbonyl (C=O) groups is 1. The summed E-state index contributed by atoms with van der Waals surface area (Å²) in [6.45, 7) is 0. The molecule has 0 saturated heterocycles. The number of carbonyl (C=O) groups excluding carboxylic acids is 1. The van der Waals surface area contributed by atoms with E-state index >= 15 is 0 Å². The first kappa shape index (κ1) is 17.0. The Kier molecular flexibility index (Phi) is 5.34. The van der Waals surface area contributed by atoms with Gasteiger partial charge < -0.3 is 19.7 Å². The van der Waals surface area contributed by atoms with Crippen molar-refractivity contribution >= 4 is 28.9 Å². The molecule has 0 radical (unpaired) electrons. The Balaban J connectivity index is 2.34. The second kappa shape index (κ2) is 7.24. The first-order valence-electron chi connectivity index (χ1n) is 6.96. The van der Waals surface area contributed by atoms with Gasteiger partial charge in [0.25, 0.3) is 5.91 Å². The van der Waals surface area contributed by atoms with E-state index in [4.69, 9.17) is 21.1 Å². The molecule has 122 valence electrons. The number of hydrogen-bond donors (Lipinski definition) is 1. The van der Waals surface area contributed by atoms with Crippen LogP contribution in [0.25, 0.3) is 0 Å². The van der Waals surface area contributed by atoms with Gasteiger partial charge in [0.15, 0.2) is 0 Å². The smallest absolute Gasteiger partial charge is 0.259 e. The summed E-state index contributed by atoms with van der Waals surface area (Å²) in [7, 11) is 6.86. The molecule has 0 unspecified atom stereocenters. The van der Waals surface area contributed by atoms with Gasteiger partial charge in [-0.05, 0) is 30.3 Å². The van der Waals surface area contributed by atoms with Crippen LogP contribution in [-0.2, 0) is 0 Å². The standard InChI is InChI=1S/C17H19ClN2O3/c1-20(2)15-8-5-11(18)9-14(15)19-17(21)13-7-6-12(22-3)10-16(13)23-4/h5-10H,1-4H3,(H,19,21). The summed E-state index contributed by atoms with van der Waals surface area (Å²) < 4.78 is 10.4. The number of benzene rings is 2. The molecular weight excluding hydrogens is 316 g/mol. The molecule has 1 amide bonds. The third kappa shape index (κ3) is 3.87. The van der Waals surface area contributed by atoms with Crippen LogP contribution in [0, 0.1) is 0 Å². The SMILES string of the molecule is COc1ccc(C(=O)Nc2cc(Cl)ccc2N(C)C)c(OC)c1. The van der Waals surface area contributed by atoms with E-state index in [1.54, 1.807) is 37.4 Å². The minimum absolute atomic E-state index is 0.283. The quantitative estimate of drug-likeness (QED) is 0.906. The fraction of sp³-hybridized carbons (Fsp3) is 0.235. The molecule has 0 bridgehead atoms. The van der Waals surface area contributed by atoms with Crippen molar-refractivity contribution < 1.29 is 14.3 Å². The van der Waals surface area contributed by atoms with Gasteiger partial charge in [0.1, 0.15) is 11.5 Å². The molecule has 23 heavy (non-hydrogen) atoms. The van der Waals surface area contributed by atoms with Crippen LogP contribution < -0.4 is 19.7 Å². The number of ether oxygens (including phenoxy) is 2. The van der Waals surface area contributed by atoms with Gasteiger partial charge in [0.2, 0.25) is 0 Å². The van der Waals surface area contributed by atoms with Crippen LogP contribution in [0.15, 0.2) is 36.4 Å². The highest BCUT2D eigenvalue weighted by Gasteiger charge is 2.16. The minimum Gasteiger partial charge on any atom is -0.497 e. The van der Waals surface area contributed by atoms with Crippen LogP contribution in [0.4, 0.5) is 11.4 Å². The average Bonchev–Trinajstić information content (AvgIpc) is 2.53. The van der Waals surface area contributed by atoms with Gasteiger partial charge in [0, 0.05) is 25.2 Å². The first-order chi connectivity index (χ1) is 11.0. The first-order valence-corrected chi connectivity index (χ1v) is 7.34. The van der Waals surface area contributed by atoms with E-state index in [0.29, 0.717) is 27.8 Å². The second-order valence-electron chi connectivity index (χ2n) is 5.08. The summed E-state index contributed by atoms with van der Waals surface area (Å²) in [6, 6.07) is 10.4. The van der Waals surface area contributed by atoms with Gasteiger partial charge in [-0.15, -0.1) is 0 Å². The lowest BCUT2D eigenvalue weighted by molar-refractivity contribution is 0.102. The molecule has 2 aromatic carbocycles. The maximum atomic E-state index is 12.6. The van der Waals surface area contributed by atoms with Crippen molar-refractivity contribution in [2.75, 3.05) is 38.5 Å². The molecule has 0 aliphatic carbocycles. The highest BCUT2D eigenvalue weighted by atomic mass is 35.5. The maximum absolute atomic E-state index is 12.6. The molecule has 0 heterocycles. The van der Waals surface area contributed by atoms with Gasteiger partial charge in [-0.1, -0.05) is 11.6 Å². The number of methoxy groups -OCH3 is 2. The van der Waals surface area contributed by atoms with E-state index in [1.807, 2.05) is 25.1 Å². The summed E-state index contributed by atoms with van der Waals surface area (Å²) in [4.78, 5) is 14.5. The Morgan fingerprint density at radius 1 is 1.09 bits per heavy atom. The lowest BCUT2D eigenvalue weighted by Crippen LogP contribution is -2.17. The monoisotopic (exact) mass is 334 g/mol. The van der Waals surface area contributed by atoms with Crippen molar-refractivity contribution in [1.82, 2.24) is 0 Å². The van der Waals surface area contributed by atoms with E-state index < -0.39 is 0 Å². The normalized spacial score (nSPS) is 10.1. The molecule has 0 aliphatic heterocycles. The molecule has 5 nitrogen and oxygen atoms in total. The number of amides is 1. The van der Waals surface area contributed by atoms with Gasteiger partial charge in [-0.2, -0.15) is 0 Å². The average molecular weight is 335 g/mol. The van der Waals surface area contributed by atoms with E-state index in [1.165, 1.54) is 7.11 Å². The van der Waals surface area contributed by atoms with Gasteiger partial charge in [-0.3, -0.25) is 4.79 Å². The highest BCUT2D eigenvalue weighted by molar-refractivity contribution is 6.31. The molecule has 2 aromatic rings. The summed E-state index contributed by atoms with van der Waals surface area (Å²) >= 11 is 6.04. The van der Waals surface area contributed by atoms with Crippen LogP contribution in [-0.4, -0.2) is 34.2 Å². The van der Waals surface area contributed by atoms with Crippen molar-refractivity contribution in [2.24, 2.45) is 0 Å². The Morgan fingerprint density at radius 3 is 2.43 bits per heavy atom. The van der Waals surface area contributed by atoms with Gasteiger partial charge >= 0.3 is 0 Å². The molecule has 0 aliphatic rings. The summed E-state index contributed by atoms with van der Waals surface area (Å²) in [6.07, 6.45) is 0. The Hall–Kier alpha value is -2.40. The molecule has 0 spiro atoms. The Labute approximate surface area is 140 Å². The van der Waals surface area contributed by atoms with Crippen LogP contribution in [0.5, 0.6) is 11.5 Å². The summed E-state index contributed by atoms with van der Waals surface area (Å²) in [5, 5.41) is 3.42. The number of halogens is 1. The zero-order chi connectivity index (χ0) is 17.0. The van der Waals surface area contributed by atoms with Crippen LogP contribution in [0.1, 0.15) is 10.4 Å². The minimum atomic E-state index is -0.283. The predicted molar refractivity (Wildman–Crippen MR) is 93.3 cm³/mol. The van der Waals surface area contributed by atoms with Crippen LogP contribution >= 0.6 is 11.6 Å². The van der Waals surface area contributed by atoms with Gasteiger partial charge in [-0.25, -0.2) is 0 Å². The Morgan fingerprint density at radius 2 is 1.83 bits per heavy atom. The molecule has 6 heteroatoms. The molecular formula is C17H19ClN2O3. The van der Waals surface area contributed by atoms with Crippen LogP contribution in [0.3, 0.4) is 0 Å². The molecule has 0 aromatic heterocycles. The third-order valence-corrected chi connectivity index (χ3v) is 3.58. The number of hydrogen-bond acceptors (Lipinski definition) is 4. The zero-order valence-corrected chi connectivity index (χ0v) is 14.3. The van der Waals surface area contributed by atoms with E-state index in [-0.39, 0.29) is 5.91 Å². The number of nitrogens with one attached hydrogen (secondary N) is 1. The van der Waals surface area contributed by atoms with E-state index in [2.05, 4.69) is 5.32 Å². The van der Waals surface area contributed by atoms with Crippen molar-refractivity contribution in [3.63, 3.8) is 0 Å². The molecule has 0 fully saturated rings. The van der Waals surface area contributed by atoms with Crippen molar-refractivity contribution in [1.29, 1.82) is 0 Å². The zero-order valence-electron chi connectivity index (χ0n) is 13.5. The molecule has 0 atom stereocenters. The third-order valence-electron chi connectivity index (χ3n) is 3.34. The largest absolute Gasteiger partial charge is 0.497 e. The lowest BCUT2D eigenvalue weighted by atomic mass is 10.1. The predicted octanol–water partition coefficient (Wildman–Crippen LogP) is 3.68. The van der Waals surface area contributed by atoms with Crippen molar-refractivity contribution in [3.05, 3.63) is 47.0 Å². The van der Waals surface area contributed by atoms with Gasteiger partial charge in [0.05, 0.1) is 31.2 Å². The molecule has 0 saturated carbocycles. The summed E-state index contributed by atoms with van der Waals surface area (Å²) in [5.74, 6) is 0.778. The topological polar surface area (TPSA) is 50.8 Å². The highest BCUT2D eigenvalue weighted by Crippen LogP contribution is 2.30. The van der Waals surface area contributed by atoms with Crippen molar-refractivity contribution in [3.8, 4) is 11.5 Å². The molecule has 2 rings (SSSR count). The second-order valence-corrected chi connectivity index (χ2v) is 5.51. The number of nitrogens with zero attached hydrogens (tertiary/aromatic N) is 1. The fourth-order valence-electron chi connectivity index (χ4n) is 2.17. The molecule has 1 N–H and O–H groups in total. The van der Waals surface area contributed by atoms with E-state index in [0.717, 1.165) is 5.69 Å². The maximum Gasteiger partial charge on any atom is 0.259 e. The lowest BCUT2D eigenvalue weighted by Gasteiger charge is -2.18. The Bertz CT molecular complexity index is 717. The van der Waals surface area contributed by atoms with E-state index in [9.17, 15) is 4.79 Å². The fourth-order valence-corrected chi connectivity index (χ4v) is 2.35. The number of rotatable bonds is 5. The summed E-state index contributed by atoms with van der Waals surface area (Å²) in [5.41, 5.74) is 1.90. The van der Waals surface area contributed by atoms with Crippen LogP contribution in [0.2, 0.25) is 5.02 Å². The number of anilines is 2. The van der Waals surface area contributed by atoms with Crippen molar-refractivity contribution in [2.45, 2.75) is 0 Å².